The Kier molecular flexibility index (Phi) is 4.82. The van der Waals surface area contributed by atoms with Gasteiger partial charge in [0.1, 0.15) is 5.78 Å². The van der Waals surface area contributed by atoms with Crippen molar-refractivity contribution in [2.24, 2.45) is 11.7 Å². The maximum absolute atomic E-state index is 12.2. The lowest BCUT2D eigenvalue weighted by atomic mass is 9.82. The molecule has 0 bridgehead atoms. The van der Waals surface area contributed by atoms with E-state index < -0.39 is 0 Å². The third kappa shape index (κ3) is 3.56. The summed E-state index contributed by atoms with van der Waals surface area (Å²) in [5.74, 6) is 0.392. The molecular formula is C14H17BrClNO. The molecule has 1 aliphatic carbocycles. The van der Waals surface area contributed by atoms with Crippen LogP contribution in [-0.2, 0) is 11.2 Å². The number of hydrogen-bond donors (Lipinski definition) is 1. The quantitative estimate of drug-likeness (QED) is 0.917. The van der Waals surface area contributed by atoms with Crippen LogP contribution < -0.4 is 5.73 Å². The van der Waals surface area contributed by atoms with Gasteiger partial charge < -0.3 is 5.73 Å². The topological polar surface area (TPSA) is 43.1 Å². The fourth-order valence-corrected chi connectivity index (χ4v) is 3.26. The summed E-state index contributed by atoms with van der Waals surface area (Å²) in [7, 11) is 0. The normalized spacial score (nSPS) is 23.9. The first-order valence-electron chi connectivity index (χ1n) is 6.28. The molecule has 2 rings (SSSR count). The highest BCUT2D eigenvalue weighted by molar-refractivity contribution is 9.10. The maximum atomic E-state index is 12.2. The molecule has 2 unspecified atom stereocenters. The number of rotatable bonds is 3. The zero-order valence-corrected chi connectivity index (χ0v) is 12.5. The van der Waals surface area contributed by atoms with Crippen LogP contribution in [0.4, 0.5) is 0 Å². The molecule has 1 aliphatic rings. The van der Waals surface area contributed by atoms with Gasteiger partial charge in [-0.1, -0.05) is 40.0 Å². The van der Waals surface area contributed by atoms with Gasteiger partial charge in [0.15, 0.2) is 0 Å². The van der Waals surface area contributed by atoms with Crippen molar-refractivity contribution in [3.05, 3.63) is 33.3 Å². The van der Waals surface area contributed by atoms with Crippen LogP contribution in [0.2, 0.25) is 5.02 Å². The van der Waals surface area contributed by atoms with E-state index in [2.05, 4.69) is 15.9 Å². The Bertz CT molecular complexity index is 449. The summed E-state index contributed by atoms with van der Waals surface area (Å²) < 4.78 is 0.934. The smallest absolute Gasteiger partial charge is 0.140 e. The standard InChI is InChI=1S/C14H17BrClNO/c15-11-5-4-9(13(16)8-11)7-14(18)10-2-1-3-12(17)6-10/h4-5,8,10,12H,1-3,6-7,17H2. The second kappa shape index (κ2) is 6.18. The predicted molar refractivity (Wildman–Crippen MR) is 77.8 cm³/mol. The van der Waals surface area contributed by atoms with Crippen LogP contribution in [0.5, 0.6) is 0 Å². The summed E-state index contributed by atoms with van der Waals surface area (Å²) in [6.07, 6.45) is 4.33. The fourth-order valence-electron chi connectivity index (χ4n) is 2.52. The third-order valence-electron chi connectivity index (χ3n) is 3.55. The first-order valence-corrected chi connectivity index (χ1v) is 7.45. The van der Waals surface area contributed by atoms with E-state index in [-0.39, 0.29) is 17.7 Å². The van der Waals surface area contributed by atoms with Gasteiger partial charge in [0.25, 0.3) is 0 Å². The summed E-state index contributed by atoms with van der Waals surface area (Å²) in [5.41, 5.74) is 6.83. The Balaban J connectivity index is 2.02. The lowest BCUT2D eigenvalue weighted by Crippen LogP contribution is -2.32. The molecule has 18 heavy (non-hydrogen) atoms. The molecule has 0 radical (unpaired) electrons. The summed E-state index contributed by atoms with van der Waals surface area (Å²) >= 11 is 9.50. The lowest BCUT2D eigenvalue weighted by Gasteiger charge is -2.25. The van der Waals surface area contributed by atoms with Crippen molar-refractivity contribution < 1.29 is 4.79 Å². The highest BCUT2D eigenvalue weighted by Crippen LogP contribution is 2.27. The Morgan fingerprint density at radius 3 is 2.89 bits per heavy atom. The minimum atomic E-state index is 0.119. The summed E-state index contributed by atoms with van der Waals surface area (Å²) in [6, 6.07) is 5.85. The number of benzene rings is 1. The molecule has 0 spiro atoms. The molecule has 2 nitrogen and oxygen atoms in total. The van der Waals surface area contributed by atoms with Crippen molar-refractivity contribution >= 4 is 33.3 Å². The molecule has 4 heteroatoms. The Hall–Kier alpha value is -0.380. The molecule has 1 aromatic rings. The van der Waals surface area contributed by atoms with Crippen molar-refractivity contribution in [2.45, 2.75) is 38.1 Å². The summed E-state index contributed by atoms with van der Waals surface area (Å²) in [5, 5.41) is 0.651. The molecule has 0 heterocycles. The first-order chi connectivity index (χ1) is 8.56. The average molecular weight is 331 g/mol. The van der Waals surface area contributed by atoms with Crippen molar-refractivity contribution in [2.75, 3.05) is 0 Å². The highest BCUT2D eigenvalue weighted by Gasteiger charge is 2.25. The van der Waals surface area contributed by atoms with Crippen LogP contribution in [0.15, 0.2) is 22.7 Å². The molecular weight excluding hydrogens is 314 g/mol. The maximum Gasteiger partial charge on any atom is 0.140 e. The Morgan fingerprint density at radius 2 is 2.22 bits per heavy atom. The SMILES string of the molecule is NC1CCCC(C(=O)Cc2ccc(Br)cc2Cl)C1. The molecule has 0 saturated heterocycles. The van der Waals surface area contributed by atoms with Crippen LogP contribution in [0, 0.1) is 5.92 Å². The number of ketones is 1. The molecule has 2 atom stereocenters. The largest absolute Gasteiger partial charge is 0.328 e. The third-order valence-corrected chi connectivity index (χ3v) is 4.40. The fraction of sp³-hybridized carbons (Fsp3) is 0.500. The van der Waals surface area contributed by atoms with Gasteiger partial charge in [-0.25, -0.2) is 0 Å². The zero-order valence-electron chi connectivity index (χ0n) is 10.2. The number of hydrogen-bond acceptors (Lipinski definition) is 2. The van der Waals surface area contributed by atoms with Gasteiger partial charge in [0.2, 0.25) is 0 Å². The number of nitrogens with two attached hydrogens (primary N) is 1. The van der Waals surface area contributed by atoms with E-state index in [1.807, 2.05) is 18.2 Å². The minimum absolute atomic E-state index is 0.119. The summed E-state index contributed by atoms with van der Waals surface area (Å²) in [6.45, 7) is 0. The molecule has 1 fully saturated rings. The Morgan fingerprint density at radius 1 is 1.44 bits per heavy atom. The highest BCUT2D eigenvalue weighted by atomic mass is 79.9. The first kappa shape index (κ1) is 14.0. The van der Waals surface area contributed by atoms with Crippen LogP contribution in [0.25, 0.3) is 0 Å². The number of carbonyl (C=O) groups excluding carboxylic acids is 1. The molecule has 0 aromatic heterocycles. The van der Waals surface area contributed by atoms with Crippen molar-refractivity contribution in [3.8, 4) is 0 Å². The van der Waals surface area contributed by atoms with E-state index in [0.717, 1.165) is 35.7 Å². The minimum Gasteiger partial charge on any atom is -0.328 e. The lowest BCUT2D eigenvalue weighted by molar-refractivity contribution is -0.123. The van der Waals surface area contributed by atoms with E-state index >= 15 is 0 Å². The van der Waals surface area contributed by atoms with Gasteiger partial charge in [-0.15, -0.1) is 0 Å². The molecule has 1 saturated carbocycles. The van der Waals surface area contributed by atoms with Crippen LogP contribution in [0.3, 0.4) is 0 Å². The van der Waals surface area contributed by atoms with Crippen molar-refractivity contribution in [1.29, 1.82) is 0 Å². The molecule has 0 aliphatic heterocycles. The van der Waals surface area contributed by atoms with E-state index in [1.54, 1.807) is 0 Å². The average Bonchev–Trinajstić information content (AvgIpc) is 2.32. The van der Waals surface area contributed by atoms with Crippen LogP contribution in [-0.4, -0.2) is 11.8 Å². The van der Waals surface area contributed by atoms with E-state index in [9.17, 15) is 4.79 Å². The van der Waals surface area contributed by atoms with E-state index in [4.69, 9.17) is 17.3 Å². The van der Waals surface area contributed by atoms with E-state index in [0.29, 0.717) is 11.4 Å². The zero-order chi connectivity index (χ0) is 13.1. The van der Waals surface area contributed by atoms with Gasteiger partial charge in [-0.3, -0.25) is 4.79 Å². The second-order valence-electron chi connectivity index (χ2n) is 5.00. The number of carbonyl (C=O) groups is 1. The summed E-state index contributed by atoms with van der Waals surface area (Å²) in [4.78, 5) is 12.2. The molecule has 0 amide bonds. The number of Topliss-reactive ketones (excluding diaryl/α,β-unsaturated/α-hetero) is 1. The molecule has 1 aromatic carbocycles. The van der Waals surface area contributed by atoms with E-state index in [1.165, 1.54) is 0 Å². The van der Waals surface area contributed by atoms with Crippen LogP contribution in [0.1, 0.15) is 31.2 Å². The second-order valence-corrected chi connectivity index (χ2v) is 6.33. The van der Waals surface area contributed by atoms with Gasteiger partial charge in [0.05, 0.1) is 0 Å². The molecule has 98 valence electrons. The monoisotopic (exact) mass is 329 g/mol. The van der Waals surface area contributed by atoms with Crippen molar-refractivity contribution in [3.63, 3.8) is 0 Å². The number of halogens is 2. The van der Waals surface area contributed by atoms with Gasteiger partial charge >= 0.3 is 0 Å². The van der Waals surface area contributed by atoms with Gasteiger partial charge in [-0.05, 0) is 37.0 Å². The predicted octanol–water partition coefficient (Wildman–Crippen LogP) is 3.73. The molecule has 2 N–H and O–H groups in total. The van der Waals surface area contributed by atoms with Crippen LogP contribution >= 0.6 is 27.5 Å². The van der Waals surface area contributed by atoms with Gasteiger partial charge in [-0.2, -0.15) is 0 Å². The van der Waals surface area contributed by atoms with Gasteiger partial charge in [0, 0.05) is 27.9 Å². The van der Waals surface area contributed by atoms with Crippen molar-refractivity contribution in [1.82, 2.24) is 0 Å². The Labute approximate surface area is 121 Å².